The predicted molar refractivity (Wildman–Crippen MR) is 87.3 cm³/mol. The number of amides is 1. The van der Waals surface area contributed by atoms with Crippen molar-refractivity contribution in [1.29, 1.82) is 0 Å². The highest BCUT2D eigenvalue weighted by atomic mass is 79.9. The van der Waals surface area contributed by atoms with Gasteiger partial charge in [0.05, 0.1) is 13.7 Å². The average Bonchev–Trinajstić information content (AvgIpc) is 2.52. The molecular weight excluding hydrogens is 350 g/mol. The van der Waals surface area contributed by atoms with E-state index in [1.165, 1.54) is 7.11 Å². The monoisotopic (exact) mass is 369 g/mol. The number of halogens is 1. The van der Waals surface area contributed by atoms with Crippen molar-refractivity contribution in [2.75, 3.05) is 13.7 Å². The zero-order chi connectivity index (χ0) is 16.5. The third kappa shape index (κ3) is 5.61. The zero-order valence-corrected chi connectivity index (χ0v) is 14.3. The molecule has 0 heterocycles. The van der Waals surface area contributed by atoms with E-state index in [1.807, 2.05) is 0 Å². The lowest BCUT2D eigenvalue weighted by molar-refractivity contribution is -0.147. The van der Waals surface area contributed by atoms with Gasteiger partial charge in [0.15, 0.2) is 6.04 Å². The Bertz CT molecular complexity index is 515. The number of carbonyl (C=O) groups excluding carboxylic acids is 2. The van der Waals surface area contributed by atoms with Crippen LogP contribution in [0, 0.1) is 0 Å². The summed E-state index contributed by atoms with van der Waals surface area (Å²) in [7, 11) is 1.28. The molecule has 0 saturated carbocycles. The number of rotatable bonds is 8. The quantitative estimate of drug-likeness (QED) is 0.434. The van der Waals surface area contributed by atoms with Gasteiger partial charge in [0, 0.05) is 4.47 Å². The zero-order valence-electron chi connectivity index (χ0n) is 12.7. The van der Waals surface area contributed by atoms with Crippen LogP contribution in [0.1, 0.15) is 24.9 Å². The smallest absolute Gasteiger partial charge is 0.333 e. The highest BCUT2D eigenvalue weighted by molar-refractivity contribution is 9.10. The Morgan fingerprint density at radius 2 is 2.00 bits per heavy atom. The first-order chi connectivity index (χ1) is 10.5. The SMILES string of the molecule is C=CCCOC(C)C(=O)NC(C(=O)OC)c1ccc(Br)cc1. The molecule has 0 spiro atoms. The average molecular weight is 370 g/mol. The molecule has 0 saturated heterocycles. The van der Waals surface area contributed by atoms with Crippen LogP contribution in [-0.4, -0.2) is 31.7 Å². The first-order valence-electron chi connectivity index (χ1n) is 6.85. The van der Waals surface area contributed by atoms with E-state index in [9.17, 15) is 9.59 Å². The van der Waals surface area contributed by atoms with Crippen molar-refractivity contribution in [2.45, 2.75) is 25.5 Å². The highest BCUT2D eigenvalue weighted by Gasteiger charge is 2.26. The molecule has 2 atom stereocenters. The number of hydrogen-bond acceptors (Lipinski definition) is 4. The molecule has 0 radical (unpaired) electrons. The maximum Gasteiger partial charge on any atom is 0.333 e. The van der Waals surface area contributed by atoms with Crippen LogP contribution >= 0.6 is 15.9 Å². The summed E-state index contributed by atoms with van der Waals surface area (Å²) in [5.41, 5.74) is 0.640. The molecule has 0 aromatic heterocycles. The Labute approximate surface area is 138 Å². The van der Waals surface area contributed by atoms with Crippen molar-refractivity contribution >= 4 is 27.8 Å². The number of carbonyl (C=O) groups is 2. The van der Waals surface area contributed by atoms with E-state index in [0.717, 1.165) is 4.47 Å². The van der Waals surface area contributed by atoms with E-state index >= 15 is 0 Å². The van der Waals surface area contributed by atoms with Gasteiger partial charge in [-0.3, -0.25) is 4.79 Å². The van der Waals surface area contributed by atoms with Crippen molar-refractivity contribution < 1.29 is 19.1 Å². The molecule has 2 unspecified atom stereocenters. The summed E-state index contributed by atoms with van der Waals surface area (Å²) < 4.78 is 11.0. The number of hydrogen-bond donors (Lipinski definition) is 1. The van der Waals surface area contributed by atoms with Gasteiger partial charge in [0.25, 0.3) is 0 Å². The van der Waals surface area contributed by atoms with Gasteiger partial charge in [0.2, 0.25) is 5.91 Å². The summed E-state index contributed by atoms with van der Waals surface area (Å²) in [5.74, 6) is -0.906. The molecule has 0 bridgehead atoms. The van der Waals surface area contributed by atoms with Crippen molar-refractivity contribution in [1.82, 2.24) is 5.32 Å². The van der Waals surface area contributed by atoms with Crippen LogP contribution in [0.5, 0.6) is 0 Å². The van der Waals surface area contributed by atoms with Crippen LogP contribution in [0.2, 0.25) is 0 Å². The number of esters is 1. The molecule has 120 valence electrons. The maximum atomic E-state index is 12.1. The summed E-state index contributed by atoms with van der Waals surface area (Å²) in [6.07, 6.45) is 1.71. The Morgan fingerprint density at radius 3 is 2.55 bits per heavy atom. The number of benzene rings is 1. The Hall–Kier alpha value is -1.66. The fourth-order valence-electron chi connectivity index (χ4n) is 1.71. The molecule has 0 aliphatic heterocycles. The van der Waals surface area contributed by atoms with E-state index in [-0.39, 0.29) is 5.91 Å². The Kier molecular flexibility index (Phi) is 7.84. The fraction of sp³-hybridized carbons (Fsp3) is 0.375. The first kappa shape index (κ1) is 18.4. The second-order valence-corrected chi connectivity index (χ2v) is 5.52. The molecule has 1 N–H and O–H groups in total. The van der Waals surface area contributed by atoms with Crippen LogP contribution < -0.4 is 5.32 Å². The minimum absolute atomic E-state index is 0.373. The van der Waals surface area contributed by atoms with Crippen LogP contribution in [0.25, 0.3) is 0 Å². The normalized spacial score (nSPS) is 13.0. The fourth-order valence-corrected chi connectivity index (χ4v) is 1.98. The van der Waals surface area contributed by atoms with Gasteiger partial charge in [-0.2, -0.15) is 0 Å². The van der Waals surface area contributed by atoms with E-state index in [2.05, 4.69) is 27.8 Å². The van der Waals surface area contributed by atoms with E-state index < -0.39 is 18.1 Å². The molecule has 1 aromatic carbocycles. The van der Waals surface area contributed by atoms with E-state index in [0.29, 0.717) is 18.6 Å². The lowest BCUT2D eigenvalue weighted by Crippen LogP contribution is -2.40. The molecule has 5 nitrogen and oxygen atoms in total. The molecule has 1 aromatic rings. The van der Waals surface area contributed by atoms with Gasteiger partial charge >= 0.3 is 5.97 Å². The molecule has 1 amide bonds. The minimum atomic E-state index is -0.865. The van der Waals surface area contributed by atoms with Gasteiger partial charge in [-0.1, -0.05) is 34.1 Å². The molecule has 1 rings (SSSR count). The summed E-state index contributed by atoms with van der Waals surface area (Å²) in [6, 6.07) is 6.21. The third-order valence-electron chi connectivity index (χ3n) is 2.99. The van der Waals surface area contributed by atoms with Crippen molar-refractivity contribution in [3.8, 4) is 0 Å². The van der Waals surface area contributed by atoms with Crippen LogP contribution in [-0.2, 0) is 19.1 Å². The molecule has 0 aliphatic rings. The summed E-state index contributed by atoms with van der Waals surface area (Å²) in [5, 5.41) is 2.65. The van der Waals surface area contributed by atoms with Crippen LogP contribution in [0.3, 0.4) is 0 Å². The summed E-state index contributed by atoms with van der Waals surface area (Å²) in [4.78, 5) is 24.0. The second-order valence-electron chi connectivity index (χ2n) is 4.61. The van der Waals surface area contributed by atoms with Crippen molar-refractivity contribution in [3.05, 3.63) is 47.0 Å². The van der Waals surface area contributed by atoms with E-state index in [1.54, 1.807) is 37.3 Å². The number of ether oxygens (including phenoxy) is 2. The largest absolute Gasteiger partial charge is 0.467 e. The molecule has 0 fully saturated rings. The summed E-state index contributed by atoms with van der Waals surface area (Å²) in [6.45, 7) is 5.62. The van der Waals surface area contributed by atoms with Gasteiger partial charge in [-0.05, 0) is 31.0 Å². The molecule has 6 heteroatoms. The first-order valence-corrected chi connectivity index (χ1v) is 7.65. The van der Waals surface area contributed by atoms with Gasteiger partial charge < -0.3 is 14.8 Å². The standard InChI is InChI=1S/C16H20BrNO4/c1-4-5-10-22-11(2)15(19)18-14(16(20)21-3)12-6-8-13(17)9-7-12/h4,6-9,11,14H,1,5,10H2,2-3H3,(H,18,19). The van der Waals surface area contributed by atoms with Gasteiger partial charge in [0.1, 0.15) is 6.10 Å². The lowest BCUT2D eigenvalue weighted by atomic mass is 10.1. The van der Waals surface area contributed by atoms with Crippen molar-refractivity contribution in [2.24, 2.45) is 0 Å². The molecular formula is C16H20BrNO4. The number of nitrogens with one attached hydrogen (secondary N) is 1. The third-order valence-corrected chi connectivity index (χ3v) is 3.51. The Morgan fingerprint density at radius 1 is 1.36 bits per heavy atom. The van der Waals surface area contributed by atoms with Crippen LogP contribution in [0.15, 0.2) is 41.4 Å². The molecule has 0 aliphatic carbocycles. The number of methoxy groups -OCH3 is 1. The van der Waals surface area contributed by atoms with Gasteiger partial charge in [-0.15, -0.1) is 6.58 Å². The molecule has 22 heavy (non-hydrogen) atoms. The van der Waals surface area contributed by atoms with Crippen LogP contribution in [0.4, 0.5) is 0 Å². The lowest BCUT2D eigenvalue weighted by Gasteiger charge is -2.19. The van der Waals surface area contributed by atoms with Crippen molar-refractivity contribution in [3.63, 3.8) is 0 Å². The second kappa shape index (κ2) is 9.38. The summed E-state index contributed by atoms with van der Waals surface area (Å²) >= 11 is 3.33. The predicted octanol–water partition coefficient (Wildman–Crippen LogP) is 2.76. The highest BCUT2D eigenvalue weighted by Crippen LogP contribution is 2.18. The minimum Gasteiger partial charge on any atom is -0.467 e. The van der Waals surface area contributed by atoms with E-state index in [4.69, 9.17) is 9.47 Å². The van der Waals surface area contributed by atoms with Gasteiger partial charge in [-0.25, -0.2) is 4.79 Å². The topological polar surface area (TPSA) is 64.6 Å². The maximum absolute atomic E-state index is 12.1. The Balaban J connectivity index is 2.77.